The molecular weight excluding hydrogens is 176 g/mol. The Labute approximate surface area is 80.1 Å². The Bertz CT molecular complexity index is 83.6. The maximum atomic E-state index is 6.07. The van der Waals surface area contributed by atoms with Gasteiger partial charge in [-0.1, -0.05) is 13.8 Å². The van der Waals surface area contributed by atoms with E-state index in [4.69, 9.17) is 11.6 Å². The van der Waals surface area contributed by atoms with Crippen molar-refractivity contribution < 1.29 is 0 Å². The maximum Gasteiger partial charge on any atom is 0.0338 e. The van der Waals surface area contributed by atoms with E-state index in [0.29, 0.717) is 11.3 Å². The highest BCUT2D eigenvalue weighted by Crippen LogP contribution is 2.24. The van der Waals surface area contributed by atoms with Gasteiger partial charge in [-0.2, -0.15) is 11.8 Å². The molecule has 0 aliphatic carbocycles. The lowest BCUT2D eigenvalue weighted by molar-refractivity contribution is 0.370. The van der Waals surface area contributed by atoms with Crippen molar-refractivity contribution in [2.24, 2.45) is 11.8 Å². The molecule has 68 valence electrons. The summed E-state index contributed by atoms with van der Waals surface area (Å²) in [6, 6.07) is 0. The molecule has 2 heteroatoms. The molecule has 0 N–H and O–H groups in total. The Morgan fingerprint density at radius 1 is 1.27 bits per heavy atom. The number of hydrogen-bond acceptors (Lipinski definition) is 1. The molecule has 0 spiro atoms. The second-order valence-electron chi connectivity index (χ2n) is 3.37. The van der Waals surface area contributed by atoms with Gasteiger partial charge in [-0.3, -0.25) is 0 Å². The van der Waals surface area contributed by atoms with E-state index in [9.17, 15) is 0 Å². The van der Waals surface area contributed by atoms with Crippen LogP contribution in [0.5, 0.6) is 0 Å². The quantitative estimate of drug-likeness (QED) is 0.603. The van der Waals surface area contributed by atoms with Crippen molar-refractivity contribution in [3.05, 3.63) is 0 Å². The lowest BCUT2D eigenvalue weighted by Crippen LogP contribution is -2.18. The molecule has 0 bridgehead atoms. The van der Waals surface area contributed by atoms with Crippen LogP contribution < -0.4 is 0 Å². The fourth-order valence-corrected chi connectivity index (χ4v) is 2.27. The monoisotopic (exact) mass is 194 g/mol. The van der Waals surface area contributed by atoms with Crippen LogP contribution in [0.3, 0.4) is 0 Å². The van der Waals surface area contributed by atoms with Gasteiger partial charge < -0.3 is 0 Å². The molecule has 0 amide bonds. The molecule has 0 radical (unpaired) electrons. The zero-order chi connectivity index (χ0) is 8.85. The van der Waals surface area contributed by atoms with Crippen molar-refractivity contribution in [3.63, 3.8) is 0 Å². The van der Waals surface area contributed by atoms with Gasteiger partial charge in [0.25, 0.3) is 0 Å². The molecule has 0 aliphatic rings. The number of hydrogen-bond donors (Lipinski definition) is 0. The predicted octanol–water partition coefficient (Wildman–Crippen LogP) is 3.64. The van der Waals surface area contributed by atoms with E-state index < -0.39 is 0 Å². The first-order chi connectivity index (χ1) is 5.09. The zero-order valence-corrected chi connectivity index (χ0v) is 9.50. The number of thioether (sulfide) groups is 1. The lowest BCUT2D eigenvalue weighted by Gasteiger charge is -2.22. The van der Waals surface area contributed by atoms with Crippen molar-refractivity contribution in [2.45, 2.75) is 32.6 Å². The van der Waals surface area contributed by atoms with Gasteiger partial charge >= 0.3 is 0 Å². The Morgan fingerprint density at radius 3 is 2.09 bits per heavy atom. The average molecular weight is 195 g/mol. The molecule has 0 aromatic carbocycles. The minimum Gasteiger partial charge on any atom is -0.165 e. The Balaban J connectivity index is 3.70. The summed E-state index contributed by atoms with van der Waals surface area (Å²) in [5.41, 5.74) is 0. The average Bonchev–Trinajstić information content (AvgIpc) is 1.87. The van der Waals surface area contributed by atoms with Gasteiger partial charge in [-0.05, 0) is 37.2 Å². The molecule has 2 atom stereocenters. The highest BCUT2D eigenvalue weighted by Gasteiger charge is 2.17. The maximum absolute atomic E-state index is 6.07. The number of rotatable bonds is 5. The first kappa shape index (κ1) is 11.6. The molecule has 0 saturated carbocycles. The van der Waals surface area contributed by atoms with Crippen molar-refractivity contribution in [3.8, 4) is 0 Å². The molecular formula is C9H19ClS. The molecule has 0 fully saturated rings. The smallest absolute Gasteiger partial charge is 0.0338 e. The van der Waals surface area contributed by atoms with Crippen molar-refractivity contribution in [1.29, 1.82) is 0 Å². The molecule has 0 nitrogen and oxygen atoms in total. The van der Waals surface area contributed by atoms with E-state index in [0.717, 1.165) is 5.92 Å². The van der Waals surface area contributed by atoms with Crippen LogP contribution in [0, 0.1) is 11.8 Å². The third kappa shape index (κ3) is 4.97. The summed E-state index contributed by atoms with van der Waals surface area (Å²) >= 11 is 7.97. The zero-order valence-electron chi connectivity index (χ0n) is 7.93. The lowest BCUT2D eigenvalue weighted by atomic mass is 9.90. The summed E-state index contributed by atoms with van der Waals surface area (Å²) in [4.78, 5) is 0. The van der Waals surface area contributed by atoms with Crippen LogP contribution in [-0.2, 0) is 0 Å². The third-order valence-electron chi connectivity index (χ3n) is 2.10. The fraction of sp³-hybridized carbons (Fsp3) is 1.00. The van der Waals surface area contributed by atoms with Gasteiger partial charge in [0, 0.05) is 5.38 Å². The fourth-order valence-electron chi connectivity index (χ4n) is 1.35. The third-order valence-corrected chi connectivity index (χ3v) is 3.07. The highest BCUT2D eigenvalue weighted by atomic mass is 35.5. The Morgan fingerprint density at radius 2 is 1.82 bits per heavy atom. The minimum absolute atomic E-state index is 0.321. The SMILES string of the molecule is CSCCC(C(C)C)C(C)Cl. The van der Waals surface area contributed by atoms with E-state index in [2.05, 4.69) is 27.0 Å². The molecule has 0 heterocycles. The summed E-state index contributed by atoms with van der Waals surface area (Å²) in [6.45, 7) is 6.61. The van der Waals surface area contributed by atoms with Crippen molar-refractivity contribution >= 4 is 23.4 Å². The Kier molecular flexibility index (Phi) is 6.55. The van der Waals surface area contributed by atoms with Crippen molar-refractivity contribution in [2.75, 3.05) is 12.0 Å². The van der Waals surface area contributed by atoms with Crippen LogP contribution in [-0.4, -0.2) is 17.4 Å². The first-order valence-electron chi connectivity index (χ1n) is 4.22. The summed E-state index contributed by atoms with van der Waals surface area (Å²) in [7, 11) is 0. The first-order valence-corrected chi connectivity index (χ1v) is 6.05. The number of alkyl halides is 1. The number of halogens is 1. The van der Waals surface area contributed by atoms with Gasteiger partial charge in [0.1, 0.15) is 0 Å². The largest absolute Gasteiger partial charge is 0.165 e. The van der Waals surface area contributed by atoms with Crippen LogP contribution >= 0.6 is 23.4 Å². The van der Waals surface area contributed by atoms with Crippen LogP contribution in [0.1, 0.15) is 27.2 Å². The molecule has 0 aromatic heterocycles. The predicted molar refractivity (Wildman–Crippen MR) is 56.6 cm³/mol. The normalized spacial score (nSPS) is 16.9. The van der Waals surface area contributed by atoms with Crippen LogP contribution in [0.2, 0.25) is 0 Å². The summed E-state index contributed by atoms with van der Waals surface area (Å²) < 4.78 is 0. The summed E-state index contributed by atoms with van der Waals surface area (Å²) in [5.74, 6) is 2.64. The van der Waals surface area contributed by atoms with Gasteiger partial charge in [0.05, 0.1) is 0 Å². The van der Waals surface area contributed by atoms with Crippen LogP contribution in [0.25, 0.3) is 0 Å². The van der Waals surface area contributed by atoms with Crippen molar-refractivity contribution in [1.82, 2.24) is 0 Å². The van der Waals surface area contributed by atoms with Gasteiger partial charge in [-0.15, -0.1) is 11.6 Å². The van der Waals surface area contributed by atoms with E-state index in [1.165, 1.54) is 12.2 Å². The Hall–Kier alpha value is 0.640. The summed E-state index contributed by atoms with van der Waals surface area (Å²) in [5, 5.41) is 0.321. The van der Waals surface area contributed by atoms with Gasteiger partial charge in [-0.25, -0.2) is 0 Å². The second-order valence-corrected chi connectivity index (χ2v) is 5.04. The highest BCUT2D eigenvalue weighted by molar-refractivity contribution is 7.98. The van der Waals surface area contributed by atoms with E-state index in [-0.39, 0.29) is 0 Å². The van der Waals surface area contributed by atoms with Crippen LogP contribution in [0.4, 0.5) is 0 Å². The molecule has 0 saturated heterocycles. The van der Waals surface area contributed by atoms with Gasteiger partial charge in [0.2, 0.25) is 0 Å². The molecule has 0 rings (SSSR count). The molecule has 11 heavy (non-hydrogen) atoms. The molecule has 2 unspecified atom stereocenters. The van der Waals surface area contributed by atoms with E-state index in [1.54, 1.807) is 0 Å². The van der Waals surface area contributed by atoms with Crippen LogP contribution in [0.15, 0.2) is 0 Å². The van der Waals surface area contributed by atoms with Gasteiger partial charge in [0.15, 0.2) is 0 Å². The van der Waals surface area contributed by atoms with E-state index in [1.807, 2.05) is 11.8 Å². The summed E-state index contributed by atoms with van der Waals surface area (Å²) in [6.07, 6.45) is 3.40. The minimum atomic E-state index is 0.321. The topological polar surface area (TPSA) is 0 Å². The molecule has 0 aliphatic heterocycles. The second kappa shape index (κ2) is 6.19. The van der Waals surface area contributed by atoms with E-state index >= 15 is 0 Å². The molecule has 0 aromatic rings. The standard InChI is InChI=1S/C9H19ClS/c1-7(2)9(8(3)10)5-6-11-4/h7-9H,5-6H2,1-4H3.